The standard InChI is InChI=1S/C18H20N2O2S/c1-13-5-3-4-6-15(13)11-19-18(22)12-23-17-9-7-16(8-10-17)20-14(2)21/h3-10H,11-12H2,1-2H3,(H,19,22)(H,20,21). The highest BCUT2D eigenvalue weighted by Gasteiger charge is 2.04. The summed E-state index contributed by atoms with van der Waals surface area (Å²) >= 11 is 1.47. The highest BCUT2D eigenvalue weighted by Crippen LogP contribution is 2.20. The van der Waals surface area contributed by atoms with E-state index >= 15 is 0 Å². The summed E-state index contributed by atoms with van der Waals surface area (Å²) in [7, 11) is 0. The maximum Gasteiger partial charge on any atom is 0.230 e. The van der Waals surface area contributed by atoms with E-state index in [1.54, 1.807) is 0 Å². The van der Waals surface area contributed by atoms with Crippen molar-refractivity contribution in [2.45, 2.75) is 25.3 Å². The maximum atomic E-state index is 11.9. The molecule has 0 fully saturated rings. The van der Waals surface area contributed by atoms with Gasteiger partial charge in [-0.25, -0.2) is 0 Å². The zero-order valence-electron chi connectivity index (χ0n) is 13.3. The van der Waals surface area contributed by atoms with E-state index in [1.807, 2.05) is 55.5 Å². The molecule has 0 spiro atoms. The third-order valence-electron chi connectivity index (χ3n) is 3.28. The smallest absolute Gasteiger partial charge is 0.230 e. The van der Waals surface area contributed by atoms with Crippen molar-refractivity contribution in [3.8, 4) is 0 Å². The van der Waals surface area contributed by atoms with E-state index in [0.29, 0.717) is 12.3 Å². The normalized spacial score (nSPS) is 10.2. The molecular weight excluding hydrogens is 308 g/mol. The summed E-state index contributed by atoms with van der Waals surface area (Å²) in [6, 6.07) is 15.5. The number of hydrogen-bond acceptors (Lipinski definition) is 3. The molecule has 0 saturated carbocycles. The first-order valence-corrected chi connectivity index (χ1v) is 8.35. The molecule has 2 rings (SSSR count). The minimum Gasteiger partial charge on any atom is -0.351 e. The van der Waals surface area contributed by atoms with Crippen LogP contribution in [0, 0.1) is 6.92 Å². The molecule has 2 N–H and O–H groups in total. The Hall–Kier alpha value is -2.27. The van der Waals surface area contributed by atoms with E-state index < -0.39 is 0 Å². The van der Waals surface area contributed by atoms with Crippen LogP contribution >= 0.6 is 11.8 Å². The van der Waals surface area contributed by atoms with Gasteiger partial charge in [0.2, 0.25) is 11.8 Å². The van der Waals surface area contributed by atoms with Gasteiger partial charge in [0.05, 0.1) is 5.75 Å². The molecule has 0 aliphatic carbocycles. The monoisotopic (exact) mass is 328 g/mol. The summed E-state index contributed by atoms with van der Waals surface area (Å²) in [6.45, 7) is 4.06. The van der Waals surface area contributed by atoms with Crippen molar-refractivity contribution in [1.29, 1.82) is 0 Å². The van der Waals surface area contributed by atoms with Crippen molar-refractivity contribution in [3.63, 3.8) is 0 Å². The van der Waals surface area contributed by atoms with Crippen LogP contribution in [0.3, 0.4) is 0 Å². The van der Waals surface area contributed by atoms with Gasteiger partial charge >= 0.3 is 0 Å². The van der Waals surface area contributed by atoms with Crippen LogP contribution < -0.4 is 10.6 Å². The van der Waals surface area contributed by atoms with Gasteiger partial charge in [-0.3, -0.25) is 9.59 Å². The van der Waals surface area contributed by atoms with Crippen LogP contribution in [0.2, 0.25) is 0 Å². The molecule has 2 aromatic rings. The Morgan fingerprint density at radius 3 is 2.39 bits per heavy atom. The summed E-state index contributed by atoms with van der Waals surface area (Å²) in [5.74, 6) is 0.274. The molecule has 0 aromatic heterocycles. The second-order valence-corrected chi connectivity index (χ2v) is 6.25. The summed E-state index contributed by atoms with van der Waals surface area (Å²) in [5.41, 5.74) is 3.06. The Morgan fingerprint density at radius 1 is 1.04 bits per heavy atom. The molecule has 0 bridgehead atoms. The number of amides is 2. The zero-order valence-corrected chi connectivity index (χ0v) is 14.1. The first kappa shape index (κ1) is 17.1. The average molecular weight is 328 g/mol. The molecule has 23 heavy (non-hydrogen) atoms. The Labute approximate surface area is 140 Å². The van der Waals surface area contributed by atoms with Crippen molar-refractivity contribution >= 4 is 29.3 Å². The summed E-state index contributed by atoms with van der Waals surface area (Å²) in [4.78, 5) is 23.9. The highest BCUT2D eigenvalue weighted by atomic mass is 32.2. The van der Waals surface area contributed by atoms with Crippen molar-refractivity contribution in [2.24, 2.45) is 0 Å². The lowest BCUT2D eigenvalue weighted by Crippen LogP contribution is -2.24. The lowest BCUT2D eigenvalue weighted by atomic mass is 10.1. The van der Waals surface area contributed by atoms with Gasteiger partial charge in [-0.05, 0) is 42.3 Å². The number of hydrogen-bond donors (Lipinski definition) is 2. The predicted octanol–water partition coefficient (Wildman–Crippen LogP) is 3.36. The van der Waals surface area contributed by atoms with Crippen molar-refractivity contribution in [1.82, 2.24) is 5.32 Å². The number of rotatable bonds is 6. The van der Waals surface area contributed by atoms with Crippen molar-refractivity contribution in [3.05, 3.63) is 59.7 Å². The Morgan fingerprint density at radius 2 is 1.74 bits per heavy atom. The van der Waals surface area contributed by atoms with Gasteiger partial charge in [-0.2, -0.15) is 0 Å². The number of thioether (sulfide) groups is 1. The third-order valence-corrected chi connectivity index (χ3v) is 4.29. The third kappa shape index (κ3) is 5.79. The van der Waals surface area contributed by atoms with E-state index in [9.17, 15) is 9.59 Å². The van der Waals surface area contributed by atoms with Crippen LogP contribution in [-0.4, -0.2) is 17.6 Å². The fourth-order valence-electron chi connectivity index (χ4n) is 2.04. The van der Waals surface area contributed by atoms with Crippen LogP contribution in [0.4, 0.5) is 5.69 Å². The van der Waals surface area contributed by atoms with Gasteiger partial charge in [0.1, 0.15) is 0 Å². The quantitative estimate of drug-likeness (QED) is 0.800. The van der Waals surface area contributed by atoms with Gasteiger partial charge in [0.25, 0.3) is 0 Å². The number of nitrogens with one attached hydrogen (secondary N) is 2. The van der Waals surface area contributed by atoms with Crippen molar-refractivity contribution in [2.75, 3.05) is 11.1 Å². The molecule has 2 amide bonds. The van der Waals surface area contributed by atoms with E-state index in [-0.39, 0.29) is 11.8 Å². The lowest BCUT2D eigenvalue weighted by Gasteiger charge is -2.08. The zero-order chi connectivity index (χ0) is 16.7. The molecule has 5 heteroatoms. The van der Waals surface area contributed by atoms with Crippen LogP contribution in [0.5, 0.6) is 0 Å². The number of benzene rings is 2. The molecule has 0 aliphatic heterocycles. The van der Waals surface area contributed by atoms with E-state index in [2.05, 4.69) is 10.6 Å². The number of carbonyl (C=O) groups is 2. The summed E-state index contributed by atoms with van der Waals surface area (Å²) in [6.07, 6.45) is 0. The molecule has 0 unspecified atom stereocenters. The topological polar surface area (TPSA) is 58.2 Å². The number of carbonyl (C=O) groups excluding carboxylic acids is 2. The van der Waals surface area contributed by atoms with Gasteiger partial charge in [-0.1, -0.05) is 24.3 Å². The predicted molar refractivity (Wildman–Crippen MR) is 94.5 cm³/mol. The molecule has 0 aliphatic rings. The lowest BCUT2D eigenvalue weighted by molar-refractivity contribution is -0.118. The molecular formula is C18H20N2O2S. The number of anilines is 1. The minimum absolute atomic E-state index is 0.00388. The van der Waals surface area contributed by atoms with Gasteiger partial charge in [0.15, 0.2) is 0 Å². The fourth-order valence-corrected chi connectivity index (χ4v) is 2.77. The first-order chi connectivity index (χ1) is 11.0. The van der Waals surface area contributed by atoms with Crippen LogP contribution in [0.1, 0.15) is 18.1 Å². The van der Waals surface area contributed by atoms with Crippen LogP contribution in [0.25, 0.3) is 0 Å². The van der Waals surface area contributed by atoms with Crippen molar-refractivity contribution < 1.29 is 9.59 Å². The Balaban J connectivity index is 1.78. The van der Waals surface area contributed by atoms with Crippen LogP contribution in [-0.2, 0) is 16.1 Å². The highest BCUT2D eigenvalue weighted by molar-refractivity contribution is 8.00. The van der Waals surface area contributed by atoms with Crippen LogP contribution in [0.15, 0.2) is 53.4 Å². The average Bonchev–Trinajstić information content (AvgIpc) is 2.53. The van der Waals surface area contributed by atoms with Gasteiger partial charge in [-0.15, -0.1) is 11.8 Å². The second kappa shape index (κ2) is 8.39. The summed E-state index contributed by atoms with van der Waals surface area (Å²) in [5, 5.41) is 5.64. The molecule has 0 atom stereocenters. The van der Waals surface area contributed by atoms with E-state index in [1.165, 1.54) is 24.2 Å². The first-order valence-electron chi connectivity index (χ1n) is 7.36. The number of aryl methyl sites for hydroxylation is 1. The fraction of sp³-hybridized carbons (Fsp3) is 0.222. The Bertz CT molecular complexity index is 684. The molecule has 2 aromatic carbocycles. The van der Waals surface area contributed by atoms with E-state index in [4.69, 9.17) is 0 Å². The molecule has 0 saturated heterocycles. The Kier molecular flexibility index (Phi) is 6.23. The minimum atomic E-state index is -0.0963. The summed E-state index contributed by atoms with van der Waals surface area (Å²) < 4.78 is 0. The second-order valence-electron chi connectivity index (χ2n) is 5.20. The SMILES string of the molecule is CC(=O)Nc1ccc(SCC(=O)NCc2ccccc2C)cc1. The van der Waals surface area contributed by atoms with Gasteiger partial charge in [0, 0.05) is 24.1 Å². The largest absolute Gasteiger partial charge is 0.351 e. The maximum absolute atomic E-state index is 11.9. The van der Waals surface area contributed by atoms with E-state index in [0.717, 1.165) is 16.1 Å². The van der Waals surface area contributed by atoms with Gasteiger partial charge < -0.3 is 10.6 Å². The molecule has 0 heterocycles. The molecule has 0 radical (unpaired) electrons. The molecule has 120 valence electrons. The molecule has 4 nitrogen and oxygen atoms in total.